The van der Waals surface area contributed by atoms with E-state index >= 15 is 0 Å². The summed E-state index contributed by atoms with van der Waals surface area (Å²) in [5.74, 6) is 0.152. The van der Waals surface area contributed by atoms with Crippen molar-refractivity contribution in [1.29, 1.82) is 0 Å². The third-order valence-electron chi connectivity index (χ3n) is 3.75. The summed E-state index contributed by atoms with van der Waals surface area (Å²) < 4.78 is 35.3. The maximum Gasteiger partial charge on any atom is 0.401 e. The topological polar surface area (TPSA) is 93.1 Å². The van der Waals surface area contributed by atoms with Crippen LogP contribution < -0.4 is 0 Å². The molecule has 2 aromatic carbocycles. The predicted molar refractivity (Wildman–Crippen MR) is 93.4 cm³/mol. The average molecular weight is 366 g/mol. The Hall–Kier alpha value is -2.09. The summed E-state index contributed by atoms with van der Waals surface area (Å²) in [6, 6.07) is 12.1. The molecule has 0 fully saturated rings. The van der Waals surface area contributed by atoms with Gasteiger partial charge in [-0.15, -0.1) is 0 Å². The van der Waals surface area contributed by atoms with Crippen LogP contribution in [0.4, 0.5) is 0 Å². The Morgan fingerprint density at radius 1 is 0.680 bits per heavy atom. The molecule has 0 saturated heterocycles. The zero-order valence-corrected chi connectivity index (χ0v) is 15.4. The van der Waals surface area contributed by atoms with E-state index in [0.717, 1.165) is 0 Å². The van der Waals surface area contributed by atoms with Gasteiger partial charge in [0.2, 0.25) is 0 Å². The lowest BCUT2D eigenvalue weighted by molar-refractivity contribution is 0.0385. The molecule has 2 rings (SSSR count). The molecular weight excluding hydrogens is 344 g/mol. The molecule has 0 radical (unpaired) electrons. The van der Waals surface area contributed by atoms with Gasteiger partial charge in [0.25, 0.3) is 0 Å². The maximum absolute atomic E-state index is 12.4. The van der Waals surface area contributed by atoms with E-state index in [-0.39, 0.29) is 11.5 Å². The van der Waals surface area contributed by atoms with Crippen molar-refractivity contribution in [3.05, 3.63) is 59.7 Å². The van der Waals surface area contributed by atoms with E-state index in [4.69, 9.17) is 8.37 Å². The summed E-state index contributed by atoms with van der Waals surface area (Å²) in [4.78, 5) is 0. The molecule has 2 aromatic rings. The van der Waals surface area contributed by atoms with Crippen LogP contribution in [0.5, 0.6) is 11.5 Å². The van der Waals surface area contributed by atoms with Crippen LogP contribution in [0.2, 0.25) is 0 Å². The highest BCUT2D eigenvalue weighted by Crippen LogP contribution is 2.33. The van der Waals surface area contributed by atoms with Crippen molar-refractivity contribution in [2.45, 2.75) is 38.9 Å². The third kappa shape index (κ3) is 4.94. The van der Waals surface area contributed by atoms with E-state index in [9.17, 15) is 18.6 Å². The van der Waals surface area contributed by atoms with Crippen LogP contribution in [0.1, 0.15) is 38.8 Å². The molecule has 7 heteroatoms. The molecular formula is C18H22O6S. The zero-order valence-electron chi connectivity index (χ0n) is 14.6. The molecule has 0 aliphatic carbocycles. The first kappa shape index (κ1) is 19.2. The highest BCUT2D eigenvalue weighted by Gasteiger charge is 2.35. The number of benzene rings is 2. The Morgan fingerprint density at radius 3 is 1.24 bits per heavy atom. The monoisotopic (exact) mass is 366 g/mol. The molecule has 0 atom stereocenters. The minimum Gasteiger partial charge on any atom is -0.508 e. The van der Waals surface area contributed by atoms with Crippen LogP contribution in [-0.4, -0.2) is 18.6 Å². The van der Waals surface area contributed by atoms with E-state index in [0.29, 0.717) is 11.1 Å². The van der Waals surface area contributed by atoms with Gasteiger partial charge in [0, 0.05) is 0 Å². The standard InChI is InChI=1S/C18H22O6S/c1-17(2,13-5-9-15(19)10-6-13)23-25(21,22)24-18(3,4)14-7-11-16(20)12-8-14/h5-12,19-20H,1-4H3. The highest BCUT2D eigenvalue weighted by atomic mass is 32.3. The molecule has 0 spiro atoms. The van der Waals surface area contributed by atoms with Gasteiger partial charge < -0.3 is 10.2 Å². The quantitative estimate of drug-likeness (QED) is 0.812. The van der Waals surface area contributed by atoms with E-state index in [1.54, 1.807) is 52.0 Å². The van der Waals surface area contributed by atoms with E-state index in [1.165, 1.54) is 24.3 Å². The van der Waals surface area contributed by atoms with Crippen molar-refractivity contribution in [3.63, 3.8) is 0 Å². The lowest BCUT2D eigenvalue weighted by atomic mass is 9.99. The minimum absolute atomic E-state index is 0.0760. The first-order valence-corrected chi connectivity index (χ1v) is 9.00. The van der Waals surface area contributed by atoms with Crippen molar-refractivity contribution in [2.75, 3.05) is 0 Å². The van der Waals surface area contributed by atoms with Crippen molar-refractivity contribution < 1.29 is 27.0 Å². The van der Waals surface area contributed by atoms with Crippen molar-refractivity contribution >= 4 is 10.4 Å². The van der Waals surface area contributed by atoms with Crippen LogP contribution in [0.3, 0.4) is 0 Å². The third-order valence-corrected chi connectivity index (χ3v) is 4.99. The Morgan fingerprint density at radius 2 is 0.960 bits per heavy atom. The number of phenols is 2. The molecule has 136 valence electrons. The fourth-order valence-corrected chi connectivity index (χ4v) is 3.60. The highest BCUT2D eigenvalue weighted by molar-refractivity contribution is 7.81. The normalized spacial score (nSPS) is 13.0. The summed E-state index contributed by atoms with van der Waals surface area (Å²) in [5.41, 5.74) is -1.23. The summed E-state index contributed by atoms with van der Waals surface area (Å²) in [5, 5.41) is 18.7. The van der Waals surface area contributed by atoms with Crippen molar-refractivity contribution in [2.24, 2.45) is 0 Å². The summed E-state index contributed by atoms with van der Waals surface area (Å²) in [7, 11) is -4.34. The van der Waals surface area contributed by atoms with Crippen molar-refractivity contribution in [3.8, 4) is 11.5 Å². The van der Waals surface area contributed by atoms with Gasteiger partial charge in [0.1, 0.15) is 22.7 Å². The van der Waals surface area contributed by atoms with Gasteiger partial charge in [0.15, 0.2) is 0 Å². The Bertz CT molecular complexity index is 755. The van der Waals surface area contributed by atoms with E-state index < -0.39 is 21.6 Å². The molecule has 0 saturated carbocycles. The Kier molecular flexibility index (Phi) is 5.13. The second-order valence-electron chi connectivity index (χ2n) is 6.69. The lowest BCUT2D eigenvalue weighted by Gasteiger charge is -2.29. The van der Waals surface area contributed by atoms with Crippen LogP contribution in [-0.2, 0) is 30.0 Å². The minimum atomic E-state index is -4.34. The molecule has 0 amide bonds. The first-order chi connectivity index (χ1) is 11.4. The SMILES string of the molecule is CC(C)(OS(=O)(=O)OC(C)(C)c1ccc(O)cc1)c1ccc(O)cc1. The Labute approximate surface area is 148 Å². The molecule has 6 nitrogen and oxygen atoms in total. The molecule has 0 heterocycles. The average Bonchev–Trinajstić information content (AvgIpc) is 2.45. The zero-order chi connectivity index (χ0) is 18.9. The number of hydrogen-bond acceptors (Lipinski definition) is 6. The summed E-state index contributed by atoms with van der Waals surface area (Å²) in [6.45, 7) is 6.36. The van der Waals surface area contributed by atoms with E-state index in [2.05, 4.69) is 0 Å². The second-order valence-corrected chi connectivity index (χ2v) is 7.84. The molecule has 0 aliphatic heterocycles. The number of rotatable bonds is 6. The largest absolute Gasteiger partial charge is 0.508 e. The van der Waals surface area contributed by atoms with Gasteiger partial charge in [-0.25, -0.2) is 8.37 Å². The van der Waals surface area contributed by atoms with Gasteiger partial charge in [-0.1, -0.05) is 24.3 Å². The predicted octanol–water partition coefficient (Wildman–Crippen LogP) is 3.55. The first-order valence-electron chi connectivity index (χ1n) is 7.66. The van der Waals surface area contributed by atoms with Crippen LogP contribution in [0, 0.1) is 0 Å². The lowest BCUT2D eigenvalue weighted by Crippen LogP contribution is -2.32. The van der Waals surface area contributed by atoms with Gasteiger partial charge in [-0.3, -0.25) is 0 Å². The van der Waals surface area contributed by atoms with Gasteiger partial charge >= 0.3 is 10.4 Å². The molecule has 25 heavy (non-hydrogen) atoms. The number of hydrogen-bond donors (Lipinski definition) is 2. The smallest absolute Gasteiger partial charge is 0.401 e. The number of aromatic hydroxyl groups is 2. The van der Waals surface area contributed by atoms with Crippen LogP contribution >= 0.6 is 0 Å². The van der Waals surface area contributed by atoms with Gasteiger partial charge in [0.05, 0.1) is 0 Å². The molecule has 0 unspecified atom stereocenters. The Balaban J connectivity index is 2.20. The fourth-order valence-electron chi connectivity index (χ4n) is 2.35. The summed E-state index contributed by atoms with van der Waals surface area (Å²) in [6.07, 6.45) is 0. The molecule has 0 aromatic heterocycles. The molecule has 2 N–H and O–H groups in total. The number of phenolic OH excluding ortho intramolecular Hbond substituents is 2. The van der Waals surface area contributed by atoms with E-state index in [1.807, 2.05) is 0 Å². The van der Waals surface area contributed by atoms with Gasteiger partial charge in [-0.2, -0.15) is 8.42 Å². The van der Waals surface area contributed by atoms with Crippen LogP contribution in [0.25, 0.3) is 0 Å². The van der Waals surface area contributed by atoms with Crippen molar-refractivity contribution in [1.82, 2.24) is 0 Å². The summed E-state index contributed by atoms with van der Waals surface area (Å²) >= 11 is 0. The molecule has 0 bridgehead atoms. The maximum atomic E-state index is 12.4. The molecule has 0 aliphatic rings. The second kappa shape index (κ2) is 6.67. The fraction of sp³-hybridized carbons (Fsp3) is 0.333. The van der Waals surface area contributed by atoms with Crippen LogP contribution in [0.15, 0.2) is 48.5 Å². The van der Waals surface area contributed by atoms with Gasteiger partial charge in [-0.05, 0) is 63.1 Å².